The van der Waals surface area contributed by atoms with Crippen molar-refractivity contribution in [3.8, 4) is 21.9 Å². The average Bonchev–Trinajstić information content (AvgIpc) is 3.28. The number of halogens is 1. The van der Waals surface area contributed by atoms with Crippen LogP contribution in [0.2, 0.25) is 0 Å². The van der Waals surface area contributed by atoms with Crippen molar-refractivity contribution < 1.29 is 23.5 Å². The van der Waals surface area contributed by atoms with Crippen LogP contribution in [0.4, 0.5) is 10.1 Å². The molecule has 204 valence electrons. The van der Waals surface area contributed by atoms with Gasteiger partial charge in [0.2, 0.25) is 5.91 Å². The third-order valence-corrected chi connectivity index (χ3v) is 7.99. The predicted molar refractivity (Wildman–Crippen MR) is 147 cm³/mol. The number of hydrogen-bond donors (Lipinski definition) is 2. The van der Waals surface area contributed by atoms with E-state index >= 15 is 0 Å². The lowest BCUT2D eigenvalue weighted by Gasteiger charge is -2.14. The second kappa shape index (κ2) is 10.7. The van der Waals surface area contributed by atoms with Gasteiger partial charge in [0.15, 0.2) is 11.6 Å². The van der Waals surface area contributed by atoms with Gasteiger partial charge in [0.1, 0.15) is 18.4 Å². The lowest BCUT2D eigenvalue weighted by atomic mass is 10.1. The molecule has 1 atom stereocenters. The van der Waals surface area contributed by atoms with Gasteiger partial charge in [-0.05, 0) is 37.0 Å². The molecule has 0 bridgehead atoms. The van der Waals surface area contributed by atoms with E-state index in [1.54, 1.807) is 29.2 Å². The number of fused-ring (bicyclic) bond motifs is 1. The number of anilines is 1. The molecule has 1 aliphatic carbocycles. The van der Waals surface area contributed by atoms with Crippen LogP contribution in [0.15, 0.2) is 48.9 Å². The van der Waals surface area contributed by atoms with E-state index in [0.717, 1.165) is 28.0 Å². The van der Waals surface area contributed by atoms with Crippen molar-refractivity contribution in [1.82, 2.24) is 14.8 Å². The third-order valence-electron chi connectivity index (χ3n) is 6.81. The summed E-state index contributed by atoms with van der Waals surface area (Å²) in [6.07, 6.45) is 6.87. The summed E-state index contributed by atoms with van der Waals surface area (Å²) in [7, 11) is 0. The highest BCUT2D eigenvalue weighted by molar-refractivity contribution is 7.22. The number of nitrogens with zero attached hydrogens (tertiary/aromatic N) is 3. The Morgan fingerprint density at radius 3 is 2.74 bits per heavy atom. The van der Waals surface area contributed by atoms with Crippen LogP contribution in [0.5, 0.6) is 11.5 Å². The number of pyridine rings is 1. The predicted octanol–water partition coefficient (Wildman–Crippen LogP) is 5.36. The summed E-state index contributed by atoms with van der Waals surface area (Å²) < 4.78 is 28.5. The highest BCUT2D eigenvalue weighted by Gasteiger charge is 2.44. The molecule has 1 aliphatic rings. The van der Waals surface area contributed by atoms with Gasteiger partial charge in [-0.25, -0.2) is 4.39 Å². The molecule has 0 saturated heterocycles. The van der Waals surface area contributed by atoms with Crippen LogP contribution >= 0.6 is 11.3 Å². The summed E-state index contributed by atoms with van der Waals surface area (Å²) in [5, 5.41) is 7.13. The van der Waals surface area contributed by atoms with Crippen LogP contribution in [0.1, 0.15) is 33.6 Å². The number of carbonyl (C=O) groups is 2. The number of thiophene rings is 1. The molecule has 0 aliphatic heterocycles. The van der Waals surface area contributed by atoms with E-state index < -0.39 is 17.8 Å². The first-order chi connectivity index (χ1) is 18.6. The molecule has 4 aromatic rings. The molecular weight excluding hydrogens is 521 g/mol. The van der Waals surface area contributed by atoms with Gasteiger partial charge in [0.05, 0.1) is 23.0 Å². The standard InChI is InChI=1S/C28H30FN5O4S/c1-16(2)24(30)26(35)37-11-10-34-15-17(14-32-34)23-13-20-25(39-23)22(6-9-31-20)38-21-5-4-18(12-19(21)29)33-27(36)28(3)7-8-28/h4-6,9,12-16,24H,7-8,10-11,30H2,1-3H3,(H,33,36). The Kier molecular flexibility index (Phi) is 7.37. The van der Waals surface area contributed by atoms with Crippen LogP contribution in [0.3, 0.4) is 0 Å². The molecule has 3 heterocycles. The van der Waals surface area contributed by atoms with Crippen LogP contribution in [0.25, 0.3) is 20.7 Å². The zero-order valence-corrected chi connectivity index (χ0v) is 22.8. The minimum absolute atomic E-state index is 0.00319. The minimum Gasteiger partial charge on any atom is -0.463 e. The number of esters is 1. The number of amides is 1. The Morgan fingerprint density at radius 1 is 1.23 bits per heavy atom. The van der Waals surface area contributed by atoms with Crippen molar-refractivity contribution in [2.24, 2.45) is 17.1 Å². The molecule has 1 amide bonds. The lowest BCUT2D eigenvalue weighted by Crippen LogP contribution is -2.37. The van der Waals surface area contributed by atoms with Gasteiger partial charge >= 0.3 is 5.97 Å². The Balaban J connectivity index is 1.26. The number of ether oxygens (including phenoxy) is 2. The quantitative estimate of drug-likeness (QED) is 0.255. The Bertz CT molecular complexity index is 1530. The molecule has 3 N–H and O–H groups in total. The van der Waals surface area contributed by atoms with Gasteiger partial charge in [-0.15, -0.1) is 11.3 Å². The molecule has 0 radical (unpaired) electrons. The molecule has 5 rings (SSSR count). The van der Waals surface area contributed by atoms with E-state index in [1.807, 2.05) is 33.0 Å². The fourth-order valence-corrected chi connectivity index (χ4v) is 4.88. The molecular formula is C28H30FN5O4S. The largest absolute Gasteiger partial charge is 0.463 e. The molecule has 1 unspecified atom stereocenters. The fourth-order valence-electron chi connectivity index (χ4n) is 3.84. The minimum atomic E-state index is -0.649. The highest BCUT2D eigenvalue weighted by Crippen LogP contribution is 2.46. The fraction of sp³-hybridized carbons (Fsp3) is 0.357. The number of hydrogen-bond acceptors (Lipinski definition) is 8. The van der Waals surface area contributed by atoms with Crippen molar-refractivity contribution in [3.05, 3.63) is 54.7 Å². The molecule has 3 aromatic heterocycles. The van der Waals surface area contributed by atoms with E-state index in [0.29, 0.717) is 23.5 Å². The zero-order chi connectivity index (χ0) is 27.7. The smallest absolute Gasteiger partial charge is 0.323 e. The van der Waals surface area contributed by atoms with Crippen molar-refractivity contribution in [2.75, 3.05) is 11.9 Å². The Labute approximate surface area is 229 Å². The van der Waals surface area contributed by atoms with Gasteiger partial charge in [0, 0.05) is 46.1 Å². The van der Waals surface area contributed by atoms with Crippen LogP contribution in [-0.2, 0) is 20.9 Å². The maximum Gasteiger partial charge on any atom is 0.323 e. The van der Waals surface area contributed by atoms with E-state index in [1.165, 1.54) is 23.5 Å². The van der Waals surface area contributed by atoms with E-state index in [2.05, 4.69) is 15.4 Å². The molecule has 9 nitrogen and oxygen atoms in total. The first-order valence-corrected chi connectivity index (χ1v) is 13.6. The second-order valence-electron chi connectivity index (χ2n) is 10.3. The maximum absolute atomic E-state index is 14.9. The van der Waals surface area contributed by atoms with Crippen molar-refractivity contribution in [2.45, 2.75) is 46.2 Å². The summed E-state index contributed by atoms with van der Waals surface area (Å²) in [5.41, 5.74) is 7.43. The number of nitrogens with one attached hydrogen (secondary N) is 1. The van der Waals surface area contributed by atoms with Crippen molar-refractivity contribution >= 4 is 39.1 Å². The summed E-state index contributed by atoms with van der Waals surface area (Å²) >= 11 is 1.45. The number of carbonyl (C=O) groups excluding carboxylic acids is 2. The molecule has 11 heteroatoms. The van der Waals surface area contributed by atoms with E-state index in [-0.39, 0.29) is 29.6 Å². The highest BCUT2D eigenvalue weighted by atomic mass is 32.1. The van der Waals surface area contributed by atoms with Crippen molar-refractivity contribution in [3.63, 3.8) is 0 Å². The van der Waals surface area contributed by atoms with E-state index in [4.69, 9.17) is 15.2 Å². The number of nitrogens with two attached hydrogens (primary N) is 1. The summed E-state index contributed by atoms with van der Waals surface area (Å²) in [4.78, 5) is 29.6. The third kappa shape index (κ3) is 5.94. The average molecular weight is 552 g/mol. The topological polar surface area (TPSA) is 121 Å². The number of benzene rings is 1. The first kappa shape index (κ1) is 26.8. The zero-order valence-electron chi connectivity index (χ0n) is 21.9. The van der Waals surface area contributed by atoms with Crippen LogP contribution < -0.4 is 15.8 Å². The van der Waals surface area contributed by atoms with Gasteiger partial charge in [0.25, 0.3) is 0 Å². The van der Waals surface area contributed by atoms with Gasteiger partial charge in [-0.1, -0.05) is 20.8 Å². The van der Waals surface area contributed by atoms with Crippen LogP contribution in [-0.4, -0.2) is 39.3 Å². The Morgan fingerprint density at radius 2 is 2.03 bits per heavy atom. The Hall–Kier alpha value is -3.83. The molecule has 1 saturated carbocycles. The maximum atomic E-state index is 14.9. The lowest BCUT2D eigenvalue weighted by molar-refractivity contribution is -0.146. The SMILES string of the molecule is CC(C)C(N)C(=O)OCCn1cc(-c2cc3nccc(Oc4ccc(NC(=O)C5(C)CC5)cc4F)c3s2)cn1. The van der Waals surface area contributed by atoms with Gasteiger partial charge in [-0.2, -0.15) is 5.10 Å². The molecule has 1 fully saturated rings. The van der Waals surface area contributed by atoms with Gasteiger partial charge < -0.3 is 20.5 Å². The first-order valence-electron chi connectivity index (χ1n) is 12.8. The molecule has 0 spiro atoms. The summed E-state index contributed by atoms with van der Waals surface area (Å²) in [6, 6.07) is 7.35. The molecule has 1 aromatic carbocycles. The number of rotatable bonds is 10. The van der Waals surface area contributed by atoms with E-state index in [9.17, 15) is 14.0 Å². The normalized spacial score (nSPS) is 14.8. The van der Waals surface area contributed by atoms with Crippen molar-refractivity contribution in [1.29, 1.82) is 0 Å². The molecule has 39 heavy (non-hydrogen) atoms. The van der Waals surface area contributed by atoms with Crippen LogP contribution in [0, 0.1) is 17.2 Å². The second-order valence-corrected chi connectivity index (χ2v) is 11.4. The van der Waals surface area contributed by atoms with Gasteiger partial charge in [-0.3, -0.25) is 19.3 Å². The summed E-state index contributed by atoms with van der Waals surface area (Å²) in [5.74, 6) is -0.581. The summed E-state index contributed by atoms with van der Waals surface area (Å²) in [6.45, 7) is 6.19. The number of aromatic nitrogens is 3. The monoisotopic (exact) mass is 551 g/mol.